The molecule has 2 nitrogen and oxygen atoms in total. The Labute approximate surface area is 107 Å². The minimum atomic E-state index is -0.208. The zero-order valence-electron chi connectivity index (χ0n) is 9.77. The molecule has 0 amide bonds. The number of hydrogen-bond donors (Lipinski definition) is 0. The average Bonchev–Trinajstić information content (AvgIpc) is 2.95. The number of ether oxygens (including phenoxy) is 2. The minimum absolute atomic E-state index is 0.208. The number of halogens is 1. The molecule has 1 aliphatic rings. The summed E-state index contributed by atoms with van der Waals surface area (Å²) in [5, 5.41) is 0. The molecule has 1 heterocycles. The van der Waals surface area contributed by atoms with Gasteiger partial charge < -0.3 is 9.47 Å². The summed E-state index contributed by atoms with van der Waals surface area (Å²) in [7, 11) is 0. The predicted octanol–water partition coefficient (Wildman–Crippen LogP) is 3.92. The fourth-order valence-corrected chi connectivity index (χ4v) is 2.09. The van der Waals surface area contributed by atoms with Crippen LogP contribution in [-0.4, -0.2) is 23.4 Å². The Morgan fingerprint density at radius 3 is 2.13 bits per heavy atom. The molecule has 1 unspecified atom stereocenters. The van der Waals surface area contributed by atoms with E-state index < -0.39 is 0 Å². The molecule has 15 heavy (non-hydrogen) atoms. The van der Waals surface area contributed by atoms with Crippen molar-refractivity contribution in [2.24, 2.45) is 0 Å². The zero-order chi connectivity index (χ0) is 11.0. The Morgan fingerprint density at radius 2 is 1.60 bits per heavy atom. The van der Waals surface area contributed by atoms with Gasteiger partial charge in [-0.2, -0.15) is 0 Å². The molecule has 0 spiro atoms. The molecular formula is C12H23IO2. The first-order valence-corrected chi connectivity index (χ1v) is 7.63. The molecule has 0 aromatic heterocycles. The largest absolute Gasteiger partial charge is 0.348 e. The van der Waals surface area contributed by atoms with Crippen molar-refractivity contribution in [3.8, 4) is 0 Å². The van der Waals surface area contributed by atoms with Gasteiger partial charge >= 0.3 is 0 Å². The molecule has 0 aliphatic carbocycles. The molecule has 1 rings (SSSR count). The number of epoxide rings is 1. The van der Waals surface area contributed by atoms with Crippen LogP contribution in [0.25, 0.3) is 0 Å². The van der Waals surface area contributed by atoms with E-state index in [1.807, 2.05) is 6.92 Å². The monoisotopic (exact) mass is 326 g/mol. The van der Waals surface area contributed by atoms with Crippen molar-refractivity contribution >= 4 is 22.6 Å². The third-order valence-corrected chi connectivity index (χ3v) is 3.50. The molecule has 3 heteroatoms. The lowest BCUT2D eigenvalue weighted by molar-refractivity contribution is -0.0309. The van der Waals surface area contributed by atoms with Crippen LogP contribution >= 0.6 is 22.6 Å². The van der Waals surface area contributed by atoms with Gasteiger partial charge in [0.05, 0.1) is 6.61 Å². The molecule has 0 aromatic carbocycles. The van der Waals surface area contributed by atoms with Crippen LogP contribution in [0.3, 0.4) is 0 Å². The molecule has 1 atom stereocenters. The minimum Gasteiger partial charge on any atom is -0.348 e. The van der Waals surface area contributed by atoms with E-state index in [0.717, 1.165) is 13.2 Å². The van der Waals surface area contributed by atoms with Gasteiger partial charge in [0, 0.05) is 0 Å². The molecule has 1 fully saturated rings. The summed E-state index contributed by atoms with van der Waals surface area (Å²) < 4.78 is 12.0. The van der Waals surface area contributed by atoms with Gasteiger partial charge in [-0.3, -0.25) is 0 Å². The molecule has 0 saturated carbocycles. The Kier molecular flexibility index (Phi) is 7.17. The van der Waals surface area contributed by atoms with E-state index in [1.165, 1.54) is 49.4 Å². The van der Waals surface area contributed by atoms with Crippen LogP contribution in [0.2, 0.25) is 0 Å². The maximum absolute atomic E-state index is 5.56. The summed E-state index contributed by atoms with van der Waals surface area (Å²) >= 11 is 2.45. The SMILES string of the molecule is CC1(OCCCCCCCCCI)CO1. The first kappa shape index (κ1) is 13.7. The Morgan fingerprint density at radius 1 is 1.07 bits per heavy atom. The van der Waals surface area contributed by atoms with E-state index in [9.17, 15) is 0 Å². The van der Waals surface area contributed by atoms with Gasteiger partial charge in [0.15, 0.2) is 5.79 Å². The van der Waals surface area contributed by atoms with Crippen LogP contribution in [0.4, 0.5) is 0 Å². The highest BCUT2D eigenvalue weighted by molar-refractivity contribution is 14.1. The smallest absolute Gasteiger partial charge is 0.189 e. The fraction of sp³-hybridized carbons (Fsp3) is 1.00. The van der Waals surface area contributed by atoms with Gasteiger partial charge in [-0.25, -0.2) is 0 Å². The van der Waals surface area contributed by atoms with Crippen molar-refractivity contribution in [3.63, 3.8) is 0 Å². The second-order valence-corrected chi connectivity index (χ2v) is 5.51. The summed E-state index contributed by atoms with van der Waals surface area (Å²) in [6.45, 7) is 3.66. The molecule has 0 bridgehead atoms. The van der Waals surface area contributed by atoms with Crippen LogP contribution < -0.4 is 0 Å². The van der Waals surface area contributed by atoms with Crippen LogP contribution in [0.15, 0.2) is 0 Å². The van der Waals surface area contributed by atoms with E-state index in [2.05, 4.69) is 22.6 Å². The quantitative estimate of drug-likeness (QED) is 0.263. The van der Waals surface area contributed by atoms with Gasteiger partial charge in [-0.05, 0) is 24.2 Å². The summed E-state index contributed by atoms with van der Waals surface area (Å²) in [6, 6.07) is 0. The molecular weight excluding hydrogens is 303 g/mol. The third-order valence-electron chi connectivity index (χ3n) is 2.74. The lowest BCUT2D eigenvalue weighted by Gasteiger charge is -2.06. The average molecular weight is 326 g/mol. The highest BCUT2D eigenvalue weighted by atomic mass is 127. The lowest BCUT2D eigenvalue weighted by atomic mass is 10.1. The molecule has 90 valence electrons. The molecule has 1 saturated heterocycles. The molecule has 1 aliphatic heterocycles. The Hall–Kier alpha value is 0.650. The van der Waals surface area contributed by atoms with Gasteiger partial charge in [0.25, 0.3) is 0 Å². The summed E-state index contributed by atoms with van der Waals surface area (Å²) in [5.74, 6) is -0.208. The Balaban J connectivity index is 1.70. The second kappa shape index (κ2) is 7.85. The fourth-order valence-electron chi connectivity index (χ4n) is 1.55. The van der Waals surface area contributed by atoms with Crippen molar-refractivity contribution in [2.45, 2.75) is 57.7 Å². The summed E-state index contributed by atoms with van der Waals surface area (Å²) in [4.78, 5) is 0. The first-order chi connectivity index (χ1) is 7.27. The van der Waals surface area contributed by atoms with Crippen LogP contribution in [0, 0.1) is 0 Å². The van der Waals surface area contributed by atoms with Crippen molar-refractivity contribution in [1.29, 1.82) is 0 Å². The van der Waals surface area contributed by atoms with E-state index in [0.29, 0.717) is 0 Å². The normalized spacial score (nSPS) is 24.4. The van der Waals surface area contributed by atoms with Crippen molar-refractivity contribution in [2.75, 3.05) is 17.6 Å². The predicted molar refractivity (Wildman–Crippen MR) is 71.5 cm³/mol. The number of hydrogen-bond acceptors (Lipinski definition) is 2. The van der Waals surface area contributed by atoms with Gasteiger partial charge in [-0.1, -0.05) is 54.7 Å². The van der Waals surface area contributed by atoms with Crippen LogP contribution in [0.5, 0.6) is 0 Å². The summed E-state index contributed by atoms with van der Waals surface area (Å²) in [6.07, 6.45) is 9.45. The number of unbranched alkanes of at least 4 members (excludes halogenated alkanes) is 6. The standard InChI is InChI=1S/C12H23IO2/c1-12(11-15-12)14-10-8-6-4-2-3-5-7-9-13/h2-11H2,1H3. The highest BCUT2D eigenvalue weighted by Gasteiger charge is 2.40. The maximum Gasteiger partial charge on any atom is 0.189 e. The van der Waals surface area contributed by atoms with Crippen LogP contribution in [0.1, 0.15) is 51.9 Å². The maximum atomic E-state index is 5.56. The van der Waals surface area contributed by atoms with E-state index in [4.69, 9.17) is 9.47 Å². The first-order valence-electron chi connectivity index (χ1n) is 6.11. The molecule has 0 radical (unpaired) electrons. The Bertz CT molecular complexity index is 158. The van der Waals surface area contributed by atoms with Crippen molar-refractivity contribution < 1.29 is 9.47 Å². The van der Waals surface area contributed by atoms with Crippen LogP contribution in [-0.2, 0) is 9.47 Å². The van der Waals surface area contributed by atoms with Crippen molar-refractivity contribution in [1.82, 2.24) is 0 Å². The highest BCUT2D eigenvalue weighted by Crippen LogP contribution is 2.27. The summed E-state index contributed by atoms with van der Waals surface area (Å²) in [5.41, 5.74) is 0. The third kappa shape index (κ3) is 7.53. The van der Waals surface area contributed by atoms with E-state index >= 15 is 0 Å². The topological polar surface area (TPSA) is 21.8 Å². The van der Waals surface area contributed by atoms with Gasteiger partial charge in [0.2, 0.25) is 0 Å². The van der Waals surface area contributed by atoms with Gasteiger partial charge in [0.1, 0.15) is 6.61 Å². The molecule has 0 N–H and O–H groups in total. The number of alkyl halides is 1. The number of rotatable bonds is 10. The lowest BCUT2D eigenvalue weighted by Crippen LogP contribution is -2.11. The zero-order valence-corrected chi connectivity index (χ0v) is 11.9. The molecule has 0 aromatic rings. The van der Waals surface area contributed by atoms with Crippen molar-refractivity contribution in [3.05, 3.63) is 0 Å². The van der Waals surface area contributed by atoms with E-state index in [1.54, 1.807) is 0 Å². The second-order valence-electron chi connectivity index (χ2n) is 4.43. The van der Waals surface area contributed by atoms with Gasteiger partial charge in [-0.15, -0.1) is 0 Å². The van der Waals surface area contributed by atoms with E-state index in [-0.39, 0.29) is 5.79 Å².